The highest BCUT2D eigenvalue weighted by Crippen LogP contribution is 2.28. The molecule has 0 saturated heterocycles. The molecule has 1 N–H and O–H groups in total. The van der Waals surface area contributed by atoms with Crippen LogP contribution in [0.15, 0.2) is 58.9 Å². The molecule has 0 fully saturated rings. The van der Waals surface area contributed by atoms with E-state index >= 15 is 0 Å². The zero-order chi connectivity index (χ0) is 23.1. The number of hydrogen-bond acceptors (Lipinski definition) is 8. The molecule has 3 rings (SSSR count). The average Bonchev–Trinajstić information content (AvgIpc) is 3.18. The number of carbonyl (C=O) groups excluding carboxylic acids is 1. The van der Waals surface area contributed by atoms with Gasteiger partial charge in [-0.15, -0.1) is 10.2 Å². The summed E-state index contributed by atoms with van der Waals surface area (Å²) >= 11 is 2.76. The number of ether oxygens (including phenoxy) is 1. The van der Waals surface area contributed by atoms with Gasteiger partial charge in [-0.25, -0.2) is 8.42 Å². The quantitative estimate of drug-likeness (QED) is 0.337. The molecule has 0 spiro atoms. The first-order valence-corrected chi connectivity index (χ1v) is 13.4. The molecule has 0 saturated carbocycles. The number of carbonyl (C=O) groups is 1. The second kappa shape index (κ2) is 10.8. The Morgan fingerprint density at radius 1 is 1.12 bits per heavy atom. The lowest BCUT2D eigenvalue weighted by Crippen LogP contribution is -2.37. The Labute approximate surface area is 196 Å². The highest BCUT2D eigenvalue weighted by molar-refractivity contribution is 8.00. The van der Waals surface area contributed by atoms with E-state index in [4.69, 9.17) is 4.74 Å². The van der Waals surface area contributed by atoms with Gasteiger partial charge in [-0.3, -0.25) is 14.4 Å². The SMILES string of the molecule is CC(C)Oc1ccc(N(CC(=O)Nc2nnc(SCc3ccccc3)s2)S(C)(=O)=O)cc1. The Bertz CT molecular complexity index is 1130. The van der Waals surface area contributed by atoms with E-state index in [1.165, 1.54) is 23.1 Å². The Hall–Kier alpha value is -2.63. The first kappa shape index (κ1) is 24.0. The molecule has 2 aromatic carbocycles. The normalized spacial score (nSPS) is 11.4. The molecule has 11 heteroatoms. The van der Waals surface area contributed by atoms with Gasteiger partial charge in [-0.1, -0.05) is 53.4 Å². The number of sulfonamides is 1. The fourth-order valence-electron chi connectivity index (χ4n) is 2.69. The maximum Gasteiger partial charge on any atom is 0.246 e. The molecule has 3 aromatic rings. The first-order chi connectivity index (χ1) is 15.2. The van der Waals surface area contributed by atoms with Crippen LogP contribution in [0.2, 0.25) is 0 Å². The van der Waals surface area contributed by atoms with Crippen molar-refractivity contribution in [3.8, 4) is 5.75 Å². The highest BCUT2D eigenvalue weighted by atomic mass is 32.2. The van der Waals surface area contributed by atoms with Gasteiger partial charge >= 0.3 is 0 Å². The highest BCUT2D eigenvalue weighted by Gasteiger charge is 2.22. The molecule has 32 heavy (non-hydrogen) atoms. The van der Waals surface area contributed by atoms with Crippen LogP contribution in [0.4, 0.5) is 10.8 Å². The van der Waals surface area contributed by atoms with Gasteiger partial charge in [0.25, 0.3) is 0 Å². The van der Waals surface area contributed by atoms with E-state index in [1.807, 2.05) is 44.2 Å². The summed E-state index contributed by atoms with van der Waals surface area (Å²) in [5, 5.41) is 11.0. The molecule has 0 radical (unpaired) electrons. The second-order valence-corrected chi connectivity index (χ2v) is 11.2. The number of nitrogens with zero attached hydrogens (tertiary/aromatic N) is 3. The van der Waals surface area contributed by atoms with Crippen molar-refractivity contribution in [1.82, 2.24) is 10.2 Å². The largest absolute Gasteiger partial charge is 0.491 e. The van der Waals surface area contributed by atoms with Gasteiger partial charge in [0.1, 0.15) is 12.3 Å². The number of aromatic nitrogens is 2. The number of anilines is 2. The maximum atomic E-state index is 12.5. The van der Waals surface area contributed by atoms with Crippen molar-refractivity contribution in [3.05, 3.63) is 60.2 Å². The summed E-state index contributed by atoms with van der Waals surface area (Å²) in [6.07, 6.45) is 1.06. The topological polar surface area (TPSA) is 101 Å². The van der Waals surface area contributed by atoms with Crippen molar-refractivity contribution < 1.29 is 17.9 Å². The predicted molar refractivity (Wildman–Crippen MR) is 129 cm³/mol. The third-order valence-electron chi connectivity index (χ3n) is 4.04. The van der Waals surface area contributed by atoms with E-state index in [9.17, 15) is 13.2 Å². The van der Waals surface area contributed by atoms with E-state index in [-0.39, 0.29) is 12.6 Å². The van der Waals surface area contributed by atoms with E-state index < -0.39 is 15.9 Å². The molecular weight excluding hydrogens is 468 g/mol. The number of nitrogens with one attached hydrogen (secondary N) is 1. The lowest BCUT2D eigenvalue weighted by atomic mass is 10.2. The predicted octanol–water partition coefficient (Wildman–Crippen LogP) is 4.02. The van der Waals surface area contributed by atoms with Gasteiger partial charge in [0.05, 0.1) is 18.0 Å². The zero-order valence-electron chi connectivity index (χ0n) is 17.9. The molecule has 0 unspecified atom stereocenters. The van der Waals surface area contributed by atoms with Gasteiger partial charge < -0.3 is 4.74 Å². The third-order valence-corrected chi connectivity index (χ3v) is 7.23. The Balaban J connectivity index is 1.61. The minimum absolute atomic E-state index is 0.000270. The van der Waals surface area contributed by atoms with E-state index in [0.717, 1.165) is 21.9 Å². The van der Waals surface area contributed by atoms with Crippen LogP contribution in [-0.4, -0.2) is 43.4 Å². The van der Waals surface area contributed by atoms with Gasteiger partial charge in [0.15, 0.2) is 4.34 Å². The van der Waals surface area contributed by atoms with E-state index in [1.54, 1.807) is 24.3 Å². The third kappa shape index (κ3) is 7.21. The smallest absolute Gasteiger partial charge is 0.246 e. The summed E-state index contributed by atoms with van der Waals surface area (Å²) in [5.41, 5.74) is 1.53. The molecule has 170 valence electrons. The average molecular weight is 493 g/mol. The molecule has 0 aliphatic heterocycles. The molecular formula is C21H24N4O4S3. The Morgan fingerprint density at radius 2 is 1.81 bits per heavy atom. The van der Waals surface area contributed by atoms with Crippen molar-refractivity contribution >= 4 is 49.8 Å². The van der Waals surface area contributed by atoms with Crippen molar-refractivity contribution in [2.24, 2.45) is 0 Å². The lowest BCUT2D eigenvalue weighted by molar-refractivity contribution is -0.114. The van der Waals surface area contributed by atoms with Gasteiger partial charge in [0, 0.05) is 5.75 Å². The zero-order valence-corrected chi connectivity index (χ0v) is 20.3. The first-order valence-electron chi connectivity index (χ1n) is 9.75. The number of amides is 1. The summed E-state index contributed by atoms with van der Waals surface area (Å²) in [6.45, 7) is 3.43. The maximum absolute atomic E-state index is 12.5. The lowest BCUT2D eigenvalue weighted by Gasteiger charge is -2.22. The van der Waals surface area contributed by atoms with Crippen LogP contribution in [-0.2, 0) is 20.6 Å². The minimum Gasteiger partial charge on any atom is -0.491 e. The van der Waals surface area contributed by atoms with Crippen LogP contribution in [0.25, 0.3) is 0 Å². The molecule has 1 amide bonds. The summed E-state index contributed by atoms with van der Waals surface area (Å²) in [6, 6.07) is 16.5. The molecule has 8 nitrogen and oxygen atoms in total. The standard InChI is InChI=1S/C21H24N4O4S3/c1-15(2)29-18-11-9-17(10-12-18)25(32(3,27)28)13-19(26)22-20-23-24-21(31-20)30-14-16-7-5-4-6-8-16/h4-12,15H,13-14H2,1-3H3,(H,22,23,26). The summed E-state index contributed by atoms with van der Waals surface area (Å²) < 4.78 is 31.9. The molecule has 0 atom stereocenters. The van der Waals surface area contributed by atoms with Gasteiger partial charge in [0.2, 0.25) is 21.1 Å². The Kier molecular flexibility index (Phi) is 8.10. The van der Waals surface area contributed by atoms with Crippen LogP contribution >= 0.6 is 23.1 Å². The summed E-state index contributed by atoms with van der Waals surface area (Å²) in [5.74, 6) is 0.853. The fourth-order valence-corrected chi connectivity index (χ4v) is 5.27. The van der Waals surface area contributed by atoms with Crippen LogP contribution < -0.4 is 14.4 Å². The van der Waals surface area contributed by atoms with Crippen molar-refractivity contribution in [3.63, 3.8) is 0 Å². The van der Waals surface area contributed by atoms with Crippen LogP contribution in [0.3, 0.4) is 0 Å². The number of rotatable bonds is 10. The molecule has 0 bridgehead atoms. The molecule has 1 aromatic heterocycles. The number of benzene rings is 2. The van der Waals surface area contributed by atoms with Crippen molar-refractivity contribution in [2.45, 2.75) is 30.0 Å². The number of hydrogen-bond donors (Lipinski definition) is 1. The van der Waals surface area contributed by atoms with Gasteiger partial charge in [-0.05, 0) is 43.7 Å². The number of thioether (sulfide) groups is 1. The van der Waals surface area contributed by atoms with Crippen LogP contribution in [0.1, 0.15) is 19.4 Å². The van der Waals surface area contributed by atoms with Gasteiger partial charge in [-0.2, -0.15) is 0 Å². The molecule has 0 aliphatic carbocycles. The fraction of sp³-hybridized carbons (Fsp3) is 0.286. The molecule has 1 heterocycles. The second-order valence-electron chi connectivity index (χ2n) is 7.13. The van der Waals surface area contributed by atoms with Crippen molar-refractivity contribution in [1.29, 1.82) is 0 Å². The Morgan fingerprint density at radius 3 is 2.44 bits per heavy atom. The van der Waals surface area contributed by atoms with Crippen molar-refractivity contribution in [2.75, 3.05) is 22.4 Å². The molecule has 0 aliphatic rings. The van der Waals surface area contributed by atoms with E-state index in [2.05, 4.69) is 15.5 Å². The van der Waals surface area contributed by atoms with E-state index in [0.29, 0.717) is 20.9 Å². The summed E-state index contributed by atoms with van der Waals surface area (Å²) in [7, 11) is -3.68. The van der Waals surface area contributed by atoms with Crippen LogP contribution in [0, 0.1) is 0 Å². The monoisotopic (exact) mass is 492 g/mol. The minimum atomic E-state index is -3.68. The summed E-state index contributed by atoms with van der Waals surface area (Å²) in [4.78, 5) is 12.5. The van der Waals surface area contributed by atoms with Crippen LogP contribution in [0.5, 0.6) is 5.75 Å².